The molecule has 0 aromatic carbocycles. The zero-order valence-electron chi connectivity index (χ0n) is 11.4. The number of aromatic nitrogens is 2. The first kappa shape index (κ1) is 15.4. The van der Waals surface area contributed by atoms with Gasteiger partial charge in [0.05, 0.1) is 0 Å². The highest BCUT2D eigenvalue weighted by Crippen LogP contribution is 2.39. The van der Waals surface area contributed by atoms with Gasteiger partial charge in [0, 0.05) is 19.2 Å². The number of nitrogens with zero attached hydrogens (tertiary/aromatic N) is 1. The van der Waals surface area contributed by atoms with Crippen molar-refractivity contribution in [1.29, 1.82) is 0 Å². The molecule has 1 aromatic rings. The van der Waals surface area contributed by atoms with Gasteiger partial charge in [-0.05, 0) is 6.92 Å². The summed E-state index contributed by atoms with van der Waals surface area (Å²) in [5.41, 5.74) is -3.48. The zero-order valence-corrected chi connectivity index (χ0v) is 11.4. The Labute approximate surface area is 118 Å². The molecule has 1 aromatic heterocycles. The maximum absolute atomic E-state index is 14.2. The van der Waals surface area contributed by atoms with Gasteiger partial charge in [-0.15, -0.1) is 0 Å². The van der Waals surface area contributed by atoms with E-state index < -0.39 is 41.3 Å². The van der Waals surface area contributed by atoms with Gasteiger partial charge in [-0.3, -0.25) is 19.1 Å². The van der Waals surface area contributed by atoms with E-state index in [9.17, 15) is 23.9 Å². The number of alkyl halides is 1. The monoisotopic (exact) mass is 302 g/mol. The van der Waals surface area contributed by atoms with E-state index >= 15 is 0 Å². The van der Waals surface area contributed by atoms with Crippen molar-refractivity contribution in [2.24, 2.45) is 0 Å². The fourth-order valence-corrected chi connectivity index (χ4v) is 2.17. The molecular weight excluding hydrogens is 287 g/mol. The van der Waals surface area contributed by atoms with Crippen LogP contribution in [0.25, 0.3) is 0 Å². The van der Waals surface area contributed by atoms with Gasteiger partial charge in [-0.25, -0.2) is 9.18 Å². The fourth-order valence-electron chi connectivity index (χ4n) is 2.17. The lowest BCUT2D eigenvalue weighted by atomic mass is 9.98. The normalized spacial score (nSPS) is 32.1. The summed E-state index contributed by atoms with van der Waals surface area (Å²) in [7, 11) is 0. The van der Waals surface area contributed by atoms with Crippen molar-refractivity contribution >= 4 is 5.97 Å². The number of carbonyl (C=O) groups is 1. The molecule has 9 heteroatoms. The maximum Gasteiger partial charge on any atom is 0.330 e. The minimum atomic E-state index is -2.02. The second kappa shape index (κ2) is 5.41. The predicted molar refractivity (Wildman–Crippen MR) is 67.4 cm³/mol. The highest BCUT2D eigenvalue weighted by atomic mass is 19.1. The molecular formula is C12H15FN2O6. The van der Waals surface area contributed by atoms with E-state index in [1.54, 1.807) is 0 Å². The first-order chi connectivity index (χ1) is 9.73. The minimum absolute atomic E-state index is 0.388. The fraction of sp³-hybridized carbons (Fsp3) is 0.583. The van der Waals surface area contributed by atoms with Crippen molar-refractivity contribution in [3.63, 3.8) is 0 Å². The van der Waals surface area contributed by atoms with Gasteiger partial charge < -0.3 is 14.6 Å². The van der Waals surface area contributed by atoms with Crippen LogP contribution in [0.1, 0.15) is 20.1 Å². The van der Waals surface area contributed by atoms with Crippen molar-refractivity contribution in [3.05, 3.63) is 33.1 Å². The van der Waals surface area contributed by atoms with E-state index in [1.165, 1.54) is 0 Å². The molecule has 21 heavy (non-hydrogen) atoms. The summed E-state index contributed by atoms with van der Waals surface area (Å²) in [5, 5.41) is 10.2. The van der Waals surface area contributed by atoms with Gasteiger partial charge in [0.2, 0.25) is 0 Å². The Morgan fingerprint density at radius 2 is 2.29 bits per heavy atom. The molecule has 1 fully saturated rings. The minimum Gasteiger partial charge on any atom is -0.463 e. The molecule has 2 N–H and O–H groups in total. The average molecular weight is 302 g/mol. The SMILES string of the molecule is CC(=O)OC[C@H]1O[C@@H](n2ccc(=O)[nH]c2=O)[C@](C)(O)[C@@H]1F. The number of aromatic amines is 1. The van der Waals surface area contributed by atoms with Crippen LogP contribution in [0.15, 0.2) is 21.9 Å². The molecule has 1 aliphatic rings. The molecule has 0 spiro atoms. The molecule has 2 heterocycles. The van der Waals surface area contributed by atoms with E-state index in [0.29, 0.717) is 0 Å². The molecule has 116 valence electrons. The van der Waals surface area contributed by atoms with Crippen LogP contribution >= 0.6 is 0 Å². The van der Waals surface area contributed by atoms with Crippen LogP contribution in [-0.4, -0.2) is 45.1 Å². The summed E-state index contributed by atoms with van der Waals surface area (Å²) in [6.07, 6.45) is -3.34. The molecule has 8 nitrogen and oxygen atoms in total. The van der Waals surface area contributed by atoms with Crippen LogP contribution in [0.4, 0.5) is 4.39 Å². The lowest BCUT2D eigenvalue weighted by Crippen LogP contribution is -2.45. The van der Waals surface area contributed by atoms with Crippen molar-refractivity contribution in [3.8, 4) is 0 Å². The molecule has 0 saturated carbocycles. The summed E-state index contributed by atoms with van der Waals surface area (Å²) in [6, 6.07) is 1.05. The number of hydrogen-bond donors (Lipinski definition) is 2. The average Bonchev–Trinajstić information content (AvgIpc) is 2.60. The lowest BCUT2D eigenvalue weighted by molar-refractivity contribution is -0.147. The van der Waals surface area contributed by atoms with Crippen LogP contribution in [0.2, 0.25) is 0 Å². The van der Waals surface area contributed by atoms with E-state index in [2.05, 4.69) is 4.74 Å². The Morgan fingerprint density at radius 1 is 1.62 bits per heavy atom. The summed E-state index contributed by atoms with van der Waals surface area (Å²) in [6.45, 7) is 1.93. The molecule has 1 aliphatic heterocycles. The number of nitrogens with one attached hydrogen (secondary N) is 1. The standard InChI is InChI=1S/C12H15FN2O6/c1-6(16)20-5-7-9(13)12(2,19)10(21-7)15-4-3-8(17)14-11(15)18/h3-4,7,9-10,19H,5H2,1-2H3,(H,14,17,18)/t7-,9-,10-,12-/m1/s1. The summed E-state index contributed by atoms with van der Waals surface area (Å²) < 4.78 is 25.0. The predicted octanol–water partition coefficient (Wildman–Crippen LogP) is -0.914. The Bertz CT molecular complexity index is 652. The topological polar surface area (TPSA) is 111 Å². The van der Waals surface area contributed by atoms with Crippen molar-refractivity contribution in [1.82, 2.24) is 9.55 Å². The number of esters is 1. The van der Waals surface area contributed by atoms with Gasteiger partial charge in [0.15, 0.2) is 12.4 Å². The van der Waals surface area contributed by atoms with Gasteiger partial charge >= 0.3 is 11.7 Å². The molecule has 4 atom stereocenters. The number of ether oxygens (including phenoxy) is 2. The number of aliphatic hydroxyl groups is 1. The quantitative estimate of drug-likeness (QED) is 0.699. The van der Waals surface area contributed by atoms with E-state index in [1.807, 2.05) is 4.98 Å². The number of H-pyrrole nitrogens is 1. The highest BCUT2D eigenvalue weighted by molar-refractivity contribution is 5.65. The summed E-state index contributed by atoms with van der Waals surface area (Å²) in [4.78, 5) is 35.5. The molecule has 2 rings (SSSR count). The Morgan fingerprint density at radius 3 is 2.86 bits per heavy atom. The zero-order chi connectivity index (χ0) is 15.8. The van der Waals surface area contributed by atoms with Crippen LogP contribution in [0.3, 0.4) is 0 Å². The largest absolute Gasteiger partial charge is 0.463 e. The summed E-state index contributed by atoms with van der Waals surface area (Å²) in [5.74, 6) is -0.616. The number of halogens is 1. The third kappa shape index (κ3) is 2.88. The van der Waals surface area contributed by atoms with E-state index in [-0.39, 0.29) is 6.61 Å². The smallest absolute Gasteiger partial charge is 0.330 e. The van der Waals surface area contributed by atoms with Gasteiger partial charge in [-0.1, -0.05) is 0 Å². The number of carbonyl (C=O) groups excluding carboxylic acids is 1. The molecule has 0 bridgehead atoms. The maximum atomic E-state index is 14.2. The third-order valence-electron chi connectivity index (χ3n) is 3.24. The van der Waals surface area contributed by atoms with Crippen LogP contribution in [0, 0.1) is 0 Å². The number of hydrogen-bond acceptors (Lipinski definition) is 6. The van der Waals surface area contributed by atoms with Crippen LogP contribution < -0.4 is 11.2 Å². The molecule has 0 amide bonds. The van der Waals surface area contributed by atoms with E-state index in [0.717, 1.165) is 30.7 Å². The van der Waals surface area contributed by atoms with E-state index in [4.69, 9.17) is 4.74 Å². The Balaban J connectivity index is 2.29. The molecule has 0 aliphatic carbocycles. The summed E-state index contributed by atoms with van der Waals surface area (Å²) >= 11 is 0. The highest BCUT2D eigenvalue weighted by Gasteiger charge is 2.55. The first-order valence-electron chi connectivity index (χ1n) is 6.20. The molecule has 0 unspecified atom stereocenters. The van der Waals surface area contributed by atoms with Gasteiger partial charge in [-0.2, -0.15) is 0 Å². The van der Waals surface area contributed by atoms with Gasteiger partial charge in [0.25, 0.3) is 5.56 Å². The van der Waals surface area contributed by atoms with Gasteiger partial charge in [0.1, 0.15) is 18.3 Å². The van der Waals surface area contributed by atoms with Crippen molar-refractivity contribution < 1.29 is 23.8 Å². The van der Waals surface area contributed by atoms with Crippen molar-refractivity contribution in [2.45, 2.75) is 38.0 Å². The van der Waals surface area contributed by atoms with Crippen LogP contribution in [-0.2, 0) is 14.3 Å². The lowest BCUT2D eigenvalue weighted by Gasteiger charge is -2.26. The third-order valence-corrected chi connectivity index (χ3v) is 3.24. The number of rotatable bonds is 3. The van der Waals surface area contributed by atoms with Crippen molar-refractivity contribution in [2.75, 3.05) is 6.61 Å². The van der Waals surface area contributed by atoms with Crippen LogP contribution in [0.5, 0.6) is 0 Å². The Hall–Kier alpha value is -2.00. The molecule has 1 saturated heterocycles. The molecule has 0 radical (unpaired) electrons. The Kier molecular flexibility index (Phi) is 3.97. The second-order valence-electron chi connectivity index (χ2n) is 4.97. The second-order valence-corrected chi connectivity index (χ2v) is 4.97. The first-order valence-corrected chi connectivity index (χ1v) is 6.20.